The Morgan fingerprint density at radius 1 is 1.14 bits per heavy atom. The summed E-state index contributed by atoms with van der Waals surface area (Å²) in [4.78, 5) is 32.2. The van der Waals surface area contributed by atoms with Gasteiger partial charge in [0.25, 0.3) is 5.91 Å². The quantitative estimate of drug-likeness (QED) is 0.397. The second-order valence-electron chi connectivity index (χ2n) is 8.49. The van der Waals surface area contributed by atoms with E-state index in [0.29, 0.717) is 53.8 Å². The van der Waals surface area contributed by atoms with Crippen LogP contribution in [0.5, 0.6) is 0 Å². The molecule has 35 heavy (non-hydrogen) atoms. The number of likely N-dealkylation sites (N-methyl/N-ethyl adjacent to an activating group) is 1. The summed E-state index contributed by atoms with van der Waals surface area (Å²) in [6.07, 6.45) is 1.92. The lowest BCUT2D eigenvalue weighted by molar-refractivity contribution is -0.127. The fraction of sp³-hybridized carbons (Fsp3) is 0.231. The summed E-state index contributed by atoms with van der Waals surface area (Å²) >= 11 is 5.96. The minimum absolute atomic E-state index is 0.0493. The molecule has 1 atom stereocenters. The summed E-state index contributed by atoms with van der Waals surface area (Å²) in [7, 11) is 0. The molecule has 9 heteroatoms. The van der Waals surface area contributed by atoms with Gasteiger partial charge in [0.2, 0.25) is 5.91 Å². The second kappa shape index (κ2) is 9.76. The van der Waals surface area contributed by atoms with Crippen LogP contribution in [0.2, 0.25) is 5.02 Å². The zero-order valence-electron chi connectivity index (χ0n) is 19.2. The highest BCUT2D eigenvalue weighted by atomic mass is 35.5. The van der Waals surface area contributed by atoms with Crippen molar-refractivity contribution in [3.05, 3.63) is 88.7 Å². The van der Waals surface area contributed by atoms with Gasteiger partial charge in [-0.2, -0.15) is 9.61 Å². The Labute approximate surface area is 207 Å². The summed E-state index contributed by atoms with van der Waals surface area (Å²) in [6.45, 7) is 3.82. The van der Waals surface area contributed by atoms with Gasteiger partial charge in [-0.15, -0.1) is 0 Å². The molecule has 1 aliphatic rings. The minimum atomic E-state index is -0.321. The Morgan fingerprint density at radius 3 is 2.63 bits per heavy atom. The number of aromatic nitrogens is 3. The van der Waals surface area contributed by atoms with Crippen molar-refractivity contribution in [3.63, 3.8) is 0 Å². The SMILES string of the molecule is CCN1C[C@@H](c2cc(NCc3ccccc3)n3ncc(C(=O)Nc4ccc(Cl)cc4)c3n2)CC1=O. The number of anilines is 2. The van der Waals surface area contributed by atoms with Gasteiger partial charge >= 0.3 is 0 Å². The van der Waals surface area contributed by atoms with E-state index in [9.17, 15) is 9.59 Å². The zero-order valence-corrected chi connectivity index (χ0v) is 20.0. The molecule has 0 spiro atoms. The molecule has 1 aliphatic heterocycles. The molecule has 1 fully saturated rings. The van der Waals surface area contributed by atoms with Gasteiger partial charge in [0.05, 0.1) is 11.9 Å². The van der Waals surface area contributed by atoms with E-state index in [1.54, 1.807) is 28.8 Å². The smallest absolute Gasteiger partial charge is 0.261 e. The van der Waals surface area contributed by atoms with Crippen molar-refractivity contribution in [1.82, 2.24) is 19.5 Å². The molecule has 0 unspecified atom stereocenters. The van der Waals surface area contributed by atoms with Crippen LogP contribution in [0.4, 0.5) is 11.5 Å². The Hall–Kier alpha value is -3.91. The highest BCUT2D eigenvalue weighted by Crippen LogP contribution is 2.30. The molecule has 3 heterocycles. The fourth-order valence-corrected chi connectivity index (χ4v) is 4.40. The number of rotatable bonds is 7. The summed E-state index contributed by atoms with van der Waals surface area (Å²) in [5, 5.41) is 11.4. The molecule has 178 valence electrons. The first-order chi connectivity index (χ1) is 17.0. The zero-order chi connectivity index (χ0) is 24.4. The molecule has 2 N–H and O–H groups in total. The van der Waals surface area contributed by atoms with Gasteiger partial charge < -0.3 is 15.5 Å². The summed E-state index contributed by atoms with van der Waals surface area (Å²) in [5.74, 6) is 0.458. The number of fused-ring (bicyclic) bond motifs is 1. The third kappa shape index (κ3) is 4.83. The Balaban J connectivity index is 1.50. The molecule has 0 saturated carbocycles. The number of likely N-dealkylation sites (tertiary alicyclic amines) is 1. The number of carbonyl (C=O) groups is 2. The molecule has 2 amide bonds. The van der Waals surface area contributed by atoms with Crippen molar-refractivity contribution in [1.29, 1.82) is 0 Å². The molecule has 1 saturated heterocycles. The van der Waals surface area contributed by atoms with Gasteiger partial charge in [0.1, 0.15) is 11.4 Å². The predicted octanol–water partition coefficient (Wildman–Crippen LogP) is 4.58. The topological polar surface area (TPSA) is 91.6 Å². The molecule has 2 aromatic carbocycles. The lowest BCUT2D eigenvalue weighted by atomic mass is 10.0. The van der Waals surface area contributed by atoms with E-state index >= 15 is 0 Å². The van der Waals surface area contributed by atoms with Crippen molar-refractivity contribution in [2.45, 2.75) is 25.8 Å². The minimum Gasteiger partial charge on any atom is -0.366 e. The fourth-order valence-electron chi connectivity index (χ4n) is 4.27. The van der Waals surface area contributed by atoms with Crippen LogP contribution in [-0.2, 0) is 11.3 Å². The van der Waals surface area contributed by atoms with Crippen LogP contribution < -0.4 is 10.6 Å². The Kier molecular flexibility index (Phi) is 6.37. The van der Waals surface area contributed by atoms with Crippen molar-refractivity contribution in [2.24, 2.45) is 0 Å². The summed E-state index contributed by atoms with van der Waals surface area (Å²) < 4.78 is 1.64. The Bertz CT molecular complexity index is 1370. The molecule has 4 aromatic rings. The van der Waals surface area contributed by atoms with Crippen LogP contribution in [0, 0.1) is 0 Å². The van der Waals surface area contributed by atoms with E-state index in [1.165, 1.54) is 6.20 Å². The van der Waals surface area contributed by atoms with E-state index < -0.39 is 0 Å². The predicted molar refractivity (Wildman–Crippen MR) is 136 cm³/mol. The maximum absolute atomic E-state index is 13.1. The molecule has 8 nitrogen and oxygen atoms in total. The standard InChI is InChI=1S/C26H25ClN6O2/c1-2-32-16-18(12-24(32)34)22-13-23(28-14-17-6-4-3-5-7-17)33-25(31-22)21(15-29-33)26(35)30-20-10-8-19(27)9-11-20/h3-11,13,15,18,28H,2,12,14,16H2,1H3,(H,30,35)/t18-/m0/s1. The number of hydrogen-bond donors (Lipinski definition) is 2. The van der Waals surface area contributed by atoms with Gasteiger partial charge in [0, 0.05) is 48.7 Å². The first kappa shape index (κ1) is 22.9. The average Bonchev–Trinajstić information content (AvgIpc) is 3.48. The molecule has 2 aromatic heterocycles. The van der Waals surface area contributed by atoms with Crippen LogP contribution in [0.3, 0.4) is 0 Å². The van der Waals surface area contributed by atoms with Gasteiger partial charge in [-0.1, -0.05) is 41.9 Å². The van der Waals surface area contributed by atoms with E-state index in [0.717, 1.165) is 11.3 Å². The van der Waals surface area contributed by atoms with E-state index in [4.69, 9.17) is 16.6 Å². The van der Waals surface area contributed by atoms with Crippen molar-refractivity contribution in [2.75, 3.05) is 23.7 Å². The van der Waals surface area contributed by atoms with Gasteiger partial charge in [-0.3, -0.25) is 9.59 Å². The number of nitrogens with one attached hydrogen (secondary N) is 2. The van der Waals surface area contributed by atoms with Crippen LogP contribution in [0.25, 0.3) is 5.65 Å². The summed E-state index contributed by atoms with van der Waals surface area (Å²) in [5.41, 5.74) is 3.28. The number of carbonyl (C=O) groups excluding carboxylic acids is 2. The van der Waals surface area contributed by atoms with Crippen LogP contribution in [-0.4, -0.2) is 44.4 Å². The monoisotopic (exact) mass is 488 g/mol. The lowest BCUT2D eigenvalue weighted by Gasteiger charge is -2.15. The number of benzene rings is 2. The van der Waals surface area contributed by atoms with Crippen LogP contribution >= 0.6 is 11.6 Å². The Morgan fingerprint density at radius 2 is 1.91 bits per heavy atom. The first-order valence-electron chi connectivity index (χ1n) is 11.5. The maximum atomic E-state index is 13.1. The maximum Gasteiger partial charge on any atom is 0.261 e. The largest absolute Gasteiger partial charge is 0.366 e. The van der Waals surface area contributed by atoms with Crippen molar-refractivity contribution in [3.8, 4) is 0 Å². The van der Waals surface area contributed by atoms with E-state index in [1.807, 2.05) is 48.2 Å². The number of halogens is 1. The third-order valence-electron chi connectivity index (χ3n) is 6.17. The molecule has 0 aliphatic carbocycles. The van der Waals surface area contributed by atoms with Crippen molar-refractivity contribution >= 4 is 40.6 Å². The van der Waals surface area contributed by atoms with Crippen LogP contribution in [0.1, 0.15) is 40.9 Å². The lowest BCUT2D eigenvalue weighted by Crippen LogP contribution is -2.24. The third-order valence-corrected chi connectivity index (χ3v) is 6.42. The van der Waals surface area contributed by atoms with Crippen molar-refractivity contribution < 1.29 is 9.59 Å². The molecular formula is C26H25ClN6O2. The van der Waals surface area contributed by atoms with E-state index in [2.05, 4.69) is 15.7 Å². The van der Waals surface area contributed by atoms with E-state index in [-0.39, 0.29) is 17.7 Å². The second-order valence-corrected chi connectivity index (χ2v) is 8.93. The molecule has 0 radical (unpaired) electrons. The summed E-state index contributed by atoms with van der Waals surface area (Å²) in [6, 6.07) is 18.9. The van der Waals surface area contributed by atoms with Gasteiger partial charge in [-0.05, 0) is 36.8 Å². The molecule has 0 bridgehead atoms. The number of nitrogens with zero attached hydrogens (tertiary/aromatic N) is 4. The highest BCUT2D eigenvalue weighted by molar-refractivity contribution is 6.30. The normalized spacial score (nSPS) is 15.5. The molecular weight excluding hydrogens is 464 g/mol. The molecule has 5 rings (SSSR count). The highest BCUT2D eigenvalue weighted by Gasteiger charge is 2.31. The number of hydrogen-bond acceptors (Lipinski definition) is 5. The average molecular weight is 489 g/mol. The first-order valence-corrected chi connectivity index (χ1v) is 11.9. The van der Waals surface area contributed by atoms with Gasteiger partial charge in [-0.25, -0.2) is 4.98 Å². The number of amides is 2. The van der Waals surface area contributed by atoms with Crippen LogP contribution in [0.15, 0.2) is 66.9 Å². The van der Waals surface area contributed by atoms with Gasteiger partial charge in [0.15, 0.2) is 5.65 Å².